The van der Waals surface area contributed by atoms with Crippen molar-refractivity contribution in [2.75, 3.05) is 14.2 Å². The highest BCUT2D eigenvalue weighted by Crippen LogP contribution is 2.19. The minimum atomic E-state index is -0.417. The molecule has 0 aliphatic rings. The predicted molar refractivity (Wildman–Crippen MR) is 86.1 cm³/mol. The van der Waals surface area contributed by atoms with Gasteiger partial charge in [0.2, 0.25) is 5.91 Å². The Balaban J connectivity index is 1.84. The number of rotatable bonds is 7. The summed E-state index contributed by atoms with van der Waals surface area (Å²) in [6.07, 6.45) is 0.763. The zero-order valence-electron chi connectivity index (χ0n) is 13.3. The third-order valence-corrected chi connectivity index (χ3v) is 3.53. The Morgan fingerprint density at radius 3 is 2.52 bits per heavy atom. The van der Waals surface area contributed by atoms with Gasteiger partial charge in [0.1, 0.15) is 5.75 Å². The Kier molecular flexibility index (Phi) is 5.97. The molecule has 0 aromatic heterocycles. The van der Waals surface area contributed by atoms with Crippen molar-refractivity contribution in [1.29, 1.82) is 0 Å². The van der Waals surface area contributed by atoms with E-state index in [1.165, 1.54) is 13.2 Å². The number of para-hydroxylation sites is 1. The Morgan fingerprint density at radius 2 is 1.83 bits per heavy atom. The lowest BCUT2D eigenvalue weighted by Crippen LogP contribution is -2.23. The topological polar surface area (TPSA) is 47.6 Å². The van der Waals surface area contributed by atoms with Crippen LogP contribution in [0.2, 0.25) is 0 Å². The number of methoxy groups -OCH3 is 2. The average Bonchev–Trinajstić information content (AvgIpc) is 2.58. The molecule has 0 radical (unpaired) electrons. The third-order valence-electron chi connectivity index (χ3n) is 3.53. The minimum Gasteiger partial charge on any atom is -0.496 e. The molecule has 0 spiro atoms. The first-order chi connectivity index (χ1) is 11.1. The van der Waals surface area contributed by atoms with Gasteiger partial charge in [-0.3, -0.25) is 4.79 Å². The Bertz CT molecular complexity index is 673. The summed E-state index contributed by atoms with van der Waals surface area (Å²) in [5, 5.41) is 2.84. The SMILES string of the molecule is COc1ccc(CCC(=O)NCc2ccccc2OC)cc1F. The van der Waals surface area contributed by atoms with E-state index in [9.17, 15) is 9.18 Å². The van der Waals surface area contributed by atoms with Gasteiger partial charge in [-0.05, 0) is 30.2 Å². The van der Waals surface area contributed by atoms with Crippen LogP contribution in [0.1, 0.15) is 17.5 Å². The zero-order valence-corrected chi connectivity index (χ0v) is 13.3. The molecular formula is C18H20FNO3. The van der Waals surface area contributed by atoms with Crippen LogP contribution in [-0.4, -0.2) is 20.1 Å². The van der Waals surface area contributed by atoms with Crippen LogP contribution in [0.3, 0.4) is 0 Å². The Labute approximate surface area is 135 Å². The van der Waals surface area contributed by atoms with Gasteiger partial charge < -0.3 is 14.8 Å². The monoisotopic (exact) mass is 317 g/mol. The molecule has 23 heavy (non-hydrogen) atoms. The lowest BCUT2D eigenvalue weighted by Gasteiger charge is -2.10. The van der Waals surface area contributed by atoms with Crippen LogP contribution in [0.25, 0.3) is 0 Å². The molecule has 2 rings (SSSR count). The molecular weight excluding hydrogens is 297 g/mol. The molecule has 2 aromatic rings. The maximum absolute atomic E-state index is 13.6. The molecule has 0 saturated heterocycles. The second-order valence-electron chi connectivity index (χ2n) is 5.06. The summed E-state index contributed by atoms with van der Waals surface area (Å²) in [6, 6.07) is 12.2. The largest absolute Gasteiger partial charge is 0.496 e. The van der Waals surface area contributed by atoms with E-state index in [1.807, 2.05) is 24.3 Å². The summed E-state index contributed by atoms with van der Waals surface area (Å²) in [6.45, 7) is 0.403. The molecule has 0 aliphatic heterocycles. The quantitative estimate of drug-likeness (QED) is 0.853. The fourth-order valence-electron chi connectivity index (χ4n) is 2.25. The highest BCUT2D eigenvalue weighted by molar-refractivity contribution is 5.76. The van der Waals surface area contributed by atoms with Crippen molar-refractivity contribution in [3.05, 3.63) is 59.4 Å². The predicted octanol–water partition coefficient (Wildman–Crippen LogP) is 3.09. The first kappa shape index (κ1) is 16.8. The van der Waals surface area contributed by atoms with Crippen LogP contribution in [-0.2, 0) is 17.8 Å². The number of halogens is 1. The van der Waals surface area contributed by atoms with E-state index < -0.39 is 5.82 Å². The molecule has 0 fully saturated rings. The van der Waals surface area contributed by atoms with E-state index >= 15 is 0 Å². The normalized spacial score (nSPS) is 10.2. The highest BCUT2D eigenvalue weighted by atomic mass is 19.1. The van der Waals surface area contributed by atoms with Gasteiger partial charge in [0.15, 0.2) is 11.6 Å². The van der Waals surface area contributed by atoms with Crippen molar-refractivity contribution in [3.8, 4) is 11.5 Å². The molecule has 0 atom stereocenters. The van der Waals surface area contributed by atoms with Gasteiger partial charge >= 0.3 is 0 Å². The summed E-state index contributed by atoms with van der Waals surface area (Å²) < 4.78 is 23.7. The van der Waals surface area contributed by atoms with Crippen molar-refractivity contribution < 1.29 is 18.7 Å². The van der Waals surface area contributed by atoms with Gasteiger partial charge in [-0.15, -0.1) is 0 Å². The first-order valence-electron chi connectivity index (χ1n) is 7.35. The van der Waals surface area contributed by atoms with E-state index in [0.29, 0.717) is 19.4 Å². The summed E-state index contributed by atoms with van der Waals surface area (Å²) >= 11 is 0. The van der Waals surface area contributed by atoms with Crippen LogP contribution in [0.5, 0.6) is 11.5 Å². The molecule has 4 nitrogen and oxygen atoms in total. The van der Waals surface area contributed by atoms with Gasteiger partial charge in [-0.25, -0.2) is 4.39 Å². The van der Waals surface area contributed by atoms with Gasteiger partial charge in [0.05, 0.1) is 14.2 Å². The highest BCUT2D eigenvalue weighted by Gasteiger charge is 2.07. The summed E-state index contributed by atoms with van der Waals surface area (Å²) in [7, 11) is 3.02. The third kappa shape index (κ3) is 4.71. The van der Waals surface area contributed by atoms with Gasteiger partial charge in [0.25, 0.3) is 0 Å². The summed E-state index contributed by atoms with van der Waals surface area (Å²) in [5.74, 6) is 0.436. The number of carbonyl (C=O) groups is 1. The van der Waals surface area contributed by atoms with E-state index in [0.717, 1.165) is 16.9 Å². The molecule has 1 N–H and O–H groups in total. The minimum absolute atomic E-state index is 0.0906. The van der Waals surface area contributed by atoms with Crippen LogP contribution in [0.4, 0.5) is 4.39 Å². The summed E-state index contributed by atoms with van der Waals surface area (Å²) in [4.78, 5) is 11.9. The number of aryl methyl sites for hydroxylation is 1. The maximum Gasteiger partial charge on any atom is 0.220 e. The fraction of sp³-hybridized carbons (Fsp3) is 0.278. The van der Waals surface area contributed by atoms with Crippen molar-refractivity contribution in [1.82, 2.24) is 5.32 Å². The molecule has 0 bridgehead atoms. The molecule has 0 unspecified atom stereocenters. The fourth-order valence-corrected chi connectivity index (χ4v) is 2.25. The number of amides is 1. The van der Waals surface area contributed by atoms with E-state index in [1.54, 1.807) is 19.2 Å². The van der Waals surface area contributed by atoms with E-state index in [-0.39, 0.29) is 11.7 Å². The van der Waals surface area contributed by atoms with Crippen molar-refractivity contribution in [3.63, 3.8) is 0 Å². The number of nitrogens with one attached hydrogen (secondary N) is 1. The Hall–Kier alpha value is -2.56. The lowest BCUT2D eigenvalue weighted by molar-refractivity contribution is -0.121. The lowest BCUT2D eigenvalue weighted by atomic mass is 10.1. The number of carbonyl (C=O) groups excluding carboxylic acids is 1. The first-order valence-corrected chi connectivity index (χ1v) is 7.35. The molecule has 0 heterocycles. The van der Waals surface area contributed by atoms with Crippen LogP contribution < -0.4 is 14.8 Å². The summed E-state index contributed by atoms with van der Waals surface area (Å²) in [5.41, 5.74) is 1.68. The molecule has 122 valence electrons. The molecule has 0 aliphatic carbocycles. The van der Waals surface area contributed by atoms with Gasteiger partial charge in [-0.1, -0.05) is 24.3 Å². The van der Waals surface area contributed by atoms with Crippen molar-refractivity contribution >= 4 is 5.91 Å². The molecule has 1 amide bonds. The van der Waals surface area contributed by atoms with E-state index in [2.05, 4.69) is 5.32 Å². The van der Waals surface area contributed by atoms with Crippen LogP contribution in [0, 0.1) is 5.82 Å². The van der Waals surface area contributed by atoms with E-state index in [4.69, 9.17) is 9.47 Å². The van der Waals surface area contributed by atoms with Crippen LogP contribution in [0.15, 0.2) is 42.5 Å². The van der Waals surface area contributed by atoms with Crippen LogP contribution >= 0.6 is 0 Å². The number of benzene rings is 2. The molecule has 0 saturated carbocycles. The standard InChI is InChI=1S/C18H20FNO3/c1-22-16-6-4-3-5-14(16)12-20-18(21)10-8-13-7-9-17(23-2)15(19)11-13/h3-7,9,11H,8,10,12H2,1-2H3,(H,20,21). The van der Waals surface area contributed by atoms with Gasteiger partial charge in [-0.2, -0.15) is 0 Å². The van der Waals surface area contributed by atoms with Gasteiger partial charge in [0, 0.05) is 18.5 Å². The zero-order chi connectivity index (χ0) is 16.7. The average molecular weight is 317 g/mol. The smallest absolute Gasteiger partial charge is 0.220 e. The Morgan fingerprint density at radius 1 is 1.09 bits per heavy atom. The second-order valence-corrected chi connectivity index (χ2v) is 5.06. The number of ether oxygens (including phenoxy) is 2. The number of hydrogen-bond acceptors (Lipinski definition) is 3. The van der Waals surface area contributed by atoms with Crippen molar-refractivity contribution in [2.24, 2.45) is 0 Å². The maximum atomic E-state index is 13.6. The molecule has 5 heteroatoms. The van der Waals surface area contributed by atoms with Crippen molar-refractivity contribution in [2.45, 2.75) is 19.4 Å². The molecule has 2 aromatic carbocycles. The number of hydrogen-bond donors (Lipinski definition) is 1. The second kappa shape index (κ2) is 8.17.